The summed E-state index contributed by atoms with van der Waals surface area (Å²) in [4.78, 5) is 21.2. The largest absolute Gasteiger partial charge is 0.493 e. The van der Waals surface area contributed by atoms with Gasteiger partial charge in [0, 0.05) is 12.5 Å². The van der Waals surface area contributed by atoms with Gasteiger partial charge in [0.05, 0.1) is 23.6 Å². The number of primary amides is 1. The predicted molar refractivity (Wildman–Crippen MR) is 69.9 cm³/mol. The molecule has 1 atom stereocenters. The highest BCUT2D eigenvalue weighted by Crippen LogP contribution is 2.19. The molecular weight excluding hydrogens is 250 g/mol. The smallest absolute Gasteiger partial charge is 0.273 e. The number of amides is 1. The van der Waals surface area contributed by atoms with Gasteiger partial charge in [0.25, 0.3) is 5.69 Å². The molecule has 1 rings (SSSR count). The van der Waals surface area contributed by atoms with E-state index in [4.69, 9.17) is 10.5 Å². The van der Waals surface area contributed by atoms with Crippen molar-refractivity contribution >= 4 is 11.6 Å². The number of hydrogen-bond acceptors (Lipinski definition) is 5. The third-order valence-corrected chi connectivity index (χ3v) is 2.50. The highest BCUT2D eigenvalue weighted by molar-refractivity contribution is 5.79. The predicted octanol–water partition coefficient (Wildman–Crippen LogP) is 0.827. The van der Waals surface area contributed by atoms with Crippen molar-refractivity contribution in [2.24, 2.45) is 5.73 Å². The number of nitrogens with two attached hydrogens (primary N) is 1. The van der Waals surface area contributed by atoms with Crippen LogP contribution in [0.1, 0.15) is 13.3 Å². The topological polar surface area (TPSA) is 107 Å². The summed E-state index contributed by atoms with van der Waals surface area (Å²) in [6, 6.07) is 5.44. The van der Waals surface area contributed by atoms with Crippen LogP contribution in [0.3, 0.4) is 0 Å². The molecular formula is C12H17N3O4. The summed E-state index contributed by atoms with van der Waals surface area (Å²) in [7, 11) is 0. The molecule has 0 radical (unpaired) electrons. The Bertz CT molecular complexity index is 450. The van der Waals surface area contributed by atoms with Crippen molar-refractivity contribution < 1.29 is 14.5 Å². The summed E-state index contributed by atoms with van der Waals surface area (Å²) in [5.74, 6) is -0.0431. The fraction of sp³-hybridized carbons (Fsp3) is 0.417. The number of rotatable bonds is 8. The molecule has 0 saturated carbocycles. The molecule has 0 aliphatic carbocycles. The molecule has 0 aromatic heterocycles. The van der Waals surface area contributed by atoms with Crippen LogP contribution in [0, 0.1) is 10.1 Å². The zero-order valence-corrected chi connectivity index (χ0v) is 10.7. The molecule has 0 aliphatic heterocycles. The van der Waals surface area contributed by atoms with E-state index in [1.165, 1.54) is 12.1 Å². The molecule has 19 heavy (non-hydrogen) atoms. The van der Waals surface area contributed by atoms with Gasteiger partial charge in [0.15, 0.2) is 0 Å². The van der Waals surface area contributed by atoms with E-state index in [1.54, 1.807) is 12.1 Å². The van der Waals surface area contributed by atoms with Crippen LogP contribution in [0.2, 0.25) is 0 Å². The van der Waals surface area contributed by atoms with E-state index < -0.39 is 16.9 Å². The Morgan fingerprint density at radius 3 is 2.89 bits per heavy atom. The van der Waals surface area contributed by atoms with E-state index in [9.17, 15) is 14.9 Å². The molecule has 0 spiro atoms. The van der Waals surface area contributed by atoms with Crippen LogP contribution in [-0.4, -0.2) is 30.0 Å². The summed E-state index contributed by atoms with van der Waals surface area (Å²) in [5.41, 5.74) is 5.19. The van der Waals surface area contributed by atoms with Crippen molar-refractivity contribution in [1.29, 1.82) is 0 Å². The van der Waals surface area contributed by atoms with E-state index in [1.807, 2.05) is 6.92 Å². The molecule has 0 heterocycles. The molecule has 7 heteroatoms. The zero-order chi connectivity index (χ0) is 14.3. The Labute approximate surface area is 110 Å². The molecule has 1 unspecified atom stereocenters. The number of nitro groups is 1. The van der Waals surface area contributed by atoms with Gasteiger partial charge in [0.2, 0.25) is 5.91 Å². The minimum atomic E-state index is -0.488. The Balaban J connectivity index is 2.50. The third kappa shape index (κ3) is 4.92. The van der Waals surface area contributed by atoms with Crippen molar-refractivity contribution in [3.63, 3.8) is 0 Å². The van der Waals surface area contributed by atoms with Gasteiger partial charge < -0.3 is 15.8 Å². The van der Waals surface area contributed by atoms with Gasteiger partial charge >= 0.3 is 0 Å². The first kappa shape index (κ1) is 14.9. The quantitative estimate of drug-likeness (QED) is 0.535. The fourth-order valence-electron chi connectivity index (χ4n) is 1.57. The monoisotopic (exact) mass is 267 g/mol. The lowest BCUT2D eigenvalue weighted by Crippen LogP contribution is -2.42. The number of nitrogens with one attached hydrogen (secondary N) is 1. The van der Waals surface area contributed by atoms with Crippen molar-refractivity contribution in [2.75, 3.05) is 13.2 Å². The van der Waals surface area contributed by atoms with Crippen LogP contribution >= 0.6 is 0 Å². The van der Waals surface area contributed by atoms with E-state index >= 15 is 0 Å². The second-order valence-corrected chi connectivity index (χ2v) is 3.90. The molecule has 3 N–H and O–H groups in total. The van der Waals surface area contributed by atoms with Gasteiger partial charge in [-0.1, -0.05) is 13.0 Å². The first-order chi connectivity index (χ1) is 9.04. The molecule has 1 amide bonds. The lowest BCUT2D eigenvalue weighted by Gasteiger charge is -2.14. The molecule has 0 fully saturated rings. The van der Waals surface area contributed by atoms with Crippen LogP contribution in [0.25, 0.3) is 0 Å². The normalized spacial score (nSPS) is 11.8. The summed E-state index contributed by atoms with van der Waals surface area (Å²) >= 11 is 0. The third-order valence-electron chi connectivity index (χ3n) is 2.50. The minimum absolute atomic E-state index is 0.0318. The van der Waals surface area contributed by atoms with Gasteiger partial charge in [-0.3, -0.25) is 14.9 Å². The lowest BCUT2D eigenvalue weighted by molar-refractivity contribution is -0.384. The number of nitrogens with zero attached hydrogens (tertiary/aromatic N) is 1. The van der Waals surface area contributed by atoms with Crippen LogP contribution in [0.15, 0.2) is 24.3 Å². The first-order valence-corrected chi connectivity index (χ1v) is 5.94. The van der Waals surface area contributed by atoms with Crippen LogP contribution in [-0.2, 0) is 4.79 Å². The number of carbonyl (C=O) groups is 1. The highest BCUT2D eigenvalue weighted by Gasteiger charge is 2.13. The molecule has 0 bridgehead atoms. The van der Waals surface area contributed by atoms with Crippen LogP contribution in [0.4, 0.5) is 5.69 Å². The average molecular weight is 267 g/mol. The first-order valence-electron chi connectivity index (χ1n) is 5.94. The fourth-order valence-corrected chi connectivity index (χ4v) is 1.57. The maximum absolute atomic E-state index is 11.1. The molecule has 1 aromatic carbocycles. The summed E-state index contributed by atoms with van der Waals surface area (Å²) in [5, 5.41) is 13.5. The average Bonchev–Trinajstić information content (AvgIpc) is 2.38. The molecule has 7 nitrogen and oxygen atoms in total. The van der Waals surface area contributed by atoms with Gasteiger partial charge in [-0.15, -0.1) is 0 Å². The number of likely N-dealkylation sites (N-methyl/N-ethyl adjacent to an activating group) is 1. The Morgan fingerprint density at radius 1 is 1.58 bits per heavy atom. The van der Waals surface area contributed by atoms with Gasteiger partial charge in [-0.25, -0.2) is 0 Å². The van der Waals surface area contributed by atoms with E-state index in [0.717, 1.165) is 0 Å². The van der Waals surface area contributed by atoms with Crippen molar-refractivity contribution in [3.05, 3.63) is 34.4 Å². The van der Waals surface area contributed by atoms with Gasteiger partial charge in [0.1, 0.15) is 5.75 Å². The van der Waals surface area contributed by atoms with Crippen molar-refractivity contribution in [2.45, 2.75) is 19.4 Å². The maximum atomic E-state index is 11.1. The number of hydrogen-bond donors (Lipinski definition) is 2. The second kappa shape index (κ2) is 7.32. The van der Waals surface area contributed by atoms with E-state index in [-0.39, 0.29) is 12.3 Å². The van der Waals surface area contributed by atoms with Crippen LogP contribution in [0.5, 0.6) is 5.75 Å². The zero-order valence-electron chi connectivity index (χ0n) is 10.7. The van der Waals surface area contributed by atoms with E-state index in [2.05, 4.69) is 5.32 Å². The lowest BCUT2D eigenvalue weighted by atomic mass is 10.2. The van der Waals surface area contributed by atoms with Gasteiger partial charge in [-0.05, 0) is 12.6 Å². The minimum Gasteiger partial charge on any atom is -0.493 e. The van der Waals surface area contributed by atoms with E-state index in [0.29, 0.717) is 18.7 Å². The molecule has 0 saturated heterocycles. The Hall–Kier alpha value is -2.15. The molecule has 1 aromatic rings. The number of carbonyl (C=O) groups excluding carboxylic acids is 1. The summed E-state index contributed by atoms with van der Waals surface area (Å²) < 4.78 is 5.37. The van der Waals surface area contributed by atoms with Crippen LogP contribution < -0.4 is 15.8 Å². The summed E-state index contributed by atoms with van der Waals surface area (Å²) in [6.45, 7) is 2.75. The number of nitro benzene ring substituents is 1. The summed E-state index contributed by atoms with van der Waals surface area (Å²) in [6.07, 6.45) is 0.409. The Morgan fingerprint density at radius 2 is 2.32 bits per heavy atom. The second-order valence-electron chi connectivity index (χ2n) is 3.90. The Kier molecular flexibility index (Phi) is 5.74. The highest BCUT2D eigenvalue weighted by atomic mass is 16.6. The molecule has 104 valence electrons. The number of benzene rings is 1. The standard InChI is InChI=1S/C12H17N3O4/c1-2-14-11(12(13)16)6-7-19-10-5-3-4-9(8-10)15(17)18/h3-5,8,11,14H,2,6-7H2,1H3,(H2,13,16). The number of ether oxygens (including phenoxy) is 1. The molecule has 0 aliphatic rings. The SMILES string of the molecule is CCNC(CCOc1cccc([N+](=O)[O-])c1)C(N)=O. The number of non-ortho nitro benzene ring substituents is 1. The van der Waals surface area contributed by atoms with Crippen molar-refractivity contribution in [3.8, 4) is 5.75 Å². The van der Waals surface area contributed by atoms with Gasteiger partial charge in [-0.2, -0.15) is 0 Å². The van der Waals surface area contributed by atoms with Crippen molar-refractivity contribution in [1.82, 2.24) is 5.32 Å². The maximum Gasteiger partial charge on any atom is 0.273 e.